The Balaban J connectivity index is 1.80. The quantitative estimate of drug-likeness (QED) is 0.521. The van der Waals surface area contributed by atoms with Gasteiger partial charge in [-0.05, 0) is 24.3 Å². The first-order chi connectivity index (χ1) is 12.5. The maximum atomic E-state index is 12.4. The number of rotatable bonds is 5. The summed E-state index contributed by atoms with van der Waals surface area (Å²) >= 11 is 5.86. The normalized spacial score (nSPS) is 10.4. The fourth-order valence-corrected chi connectivity index (χ4v) is 2.42. The van der Waals surface area contributed by atoms with E-state index in [1.165, 1.54) is 25.3 Å². The van der Waals surface area contributed by atoms with Gasteiger partial charge in [-0.2, -0.15) is 5.10 Å². The van der Waals surface area contributed by atoms with Gasteiger partial charge in [-0.1, -0.05) is 23.7 Å². The summed E-state index contributed by atoms with van der Waals surface area (Å²) in [7, 11) is 1.36. The Kier molecular flexibility index (Phi) is 4.85. The zero-order valence-corrected chi connectivity index (χ0v) is 14.3. The highest BCUT2D eigenvalue weighted by Crippen LogP contribution is 2.29. The summed E-state index contributed by atoms with van der Waals surface area (Å²) in [5, 5.41) is 20.8. The number of ether oxygens (including phenoxy) is 1. The van der Waals surface area contributed by atoms with Gasteiger partial charge < -0.3 is 10.1 Å². The second-order valence-electron chi connectivity index (χ2n) is 5.27. The molecular weight excluding hydrogens is 360 g/mol. The number of aromatic amines is 1. The predicted octanol–water partition coefficient (Wildman–Crippen LogP) is 3.90. The molecule has 0 spiro atoms. The number of aromatic nitrogens is 2. The van der Waals surface area contributed by atoms with Crippen LogP contribution >= 0.6 is 11.6 Å². The SMILES string of the molecule is COc1cc([N+](=O)[O-])ccc1NC(=O)c1cc(-c2ccc(Cl)cc2)n[nH]1. The molecule has 3 rings (SSSR count). The molecule has 2 aromatic carbocycles. The van der Waals surface area contributed by atoms with Gasteiger partial charge >= 0.3 is 0 Å². The summed E-state index contributed by atoms with van der Waals surface area (Å²) in [6.07, 6.45) is 0. The molecule has 1 amide bonds. The van der Waals surface area contributed by atoms with Gasteiger partial charge in [0.15, 0.2) is 0 Å². The second kappa shape index (κ2) is 7.24. The van der Waals surface area contributed by atoms with Gasteiger partial charge in [0, 0.05) is 16.7 Å². The highest BCUT2D eigenvalue weighted by atomic mass is 35.5. The number of benzene rings is 2. The first kappa shape index (κ1) is 17.4. The highest BCUT2D eigenvalue weighted by molar-refractivity contribution is 6.30. The van der Waals surface area contributed by atoms with Crippen LogP contribution in [0, 0.1) is 10.1 Å². The number of carbonyl (C=O) groups excluding carboxylic acids is 1. The Labute approximate surface area is 152 Å². The van der Waals surface area contributed by atoms with E-state index in [2.05, 4.69) is 15.5 Å². The van der Waals surface area contributed by atoms with E-state index in [-0.39, 0.29) is 17.1 Å². The number of non-ortho nitro benzene ring substituents is 1. The molecule has 1 aromatic heterocycles. The Hall–Kier alpha value is -3.39. The van der Waals surface area contributed by atoms with Crippen LogP contribution in [0.15, 0.2) is 48.5 Å². The number of H-pyrrole nitrogens is 1. The molecule has 9 heteroatoms. The number of methoxy groups -OCH3 is 1. The van der Waals surface area contributed by atoms with Gasteiger partial charge in [0.05, 0.1) is 29.5 Å². The fraction of sp³-hybridized carbons (Fsp3) is 0.0588. The van der Waals surface area contributed by atoms with Crippen LogP contribution in [0.1, 0.15) is 10.5 Å². The van der Waals surface area contributed by atoms with Gasteiger partial charge in [0.1, 0.15) is 11.4 Å². The molecule has 0 fully saturated rings. The Morgan fingerprint density at radius 1 is 1.23 bits per heavy atom. The molecule has 2 N–H and O–H groups in total. The second-order valence-corrected chi connectivity index (χ2v) is 5.71. The van der Waals surface area contributed by atoms with Gasteiger partial charge in [0.25, 0.3) is 11.6 Å². The standard InChI is InChI=1S/C17H13ClN4O4/c1-26-16-8-12(22(24)25)6-7-13(16)19-17(23)15-9-14(20-21-15)10-2-4-11(18)5-3-10/h2-9H,1H3,(H,19,23)(H,20,21). The fourth-order valence-electron chi connectivity index (χ4n) is 2.29. The molecule has 0 unspecified atom stereocenters. The maximum Gasteiger partial charge on any atom is 0.273 e. The lowest BCUT2D eigenvalue weighted by atomic mass is 10.1. The Bertz CT molecular complexity index is 969. The minimum Gasteiger partial charge on any atom is -0.494 e. The molecule has 0 atom stereocenters. The zero-order chi connectivity index (χ0) is 18.7. The smallest absolute Gasteiger partial charge is 0.273 e. The van der Waals surface area contributed by atoms with Crippen LogP contribution in [-0.2, 0) is 0 Å². The third-order valence-corrected chi connectivity index (χ3v) is 3.86. The molecule has 3 aromatic rings. The molecule has 0 saturated heterocycles. The summed E-state index contributed by atoms with van der Waals surface area (Å²) in [6, 6.07) is 12.6. The topological polar surface area (TPSA) is 110 Å². The van der Waals surface area contributed by atoms with Crippen LogP contribution < -0.4 is 10.1 Å². The highest BCUT2D eigenvalue weighted by Gasteiger charge is 2.16. The van der Waals surface area contributed by atoms with Crippen LogP contribution in [0.25, 0.3) is 11.3 Å². The van der Waals surface area contributed by atoms with Crippen LogP contribution in [0.4, 0.5) is 11.4 Å². The van der Waals surface area contributed by atoms with Crippen molar-refractivity contribution in [1.29, 1.82) is 0 Å². The van der Waals surface area contributed by atoms with Crippen molar-refractivity contribution >= 4 is 28.9 Å². The molecule has 0 radical (unpaired) electrons. The summed E-state index contributed by atoms with van der Waals surface area (Å²) < 4.78 is 5.10. The molecule has 26 heavy (non-hydrogen) atoms. The van der Waals surface area contributed by atoms with Crippen molar-refractivity contribution in [2.75, 3.05) is 12.4 Å². The van der Waals surface area contributed by atoms with E-state index < -0.39 is 10.8 Å². The van der Waals surface area contributed by atoms with Crippen molar-refractivity contribution in [2.45, 2.75) is 0 Å². The van der Waals surface area contributed by atoms with Gasteiger partial charge in [0.2, 0.25) is 0 Å². The number of nitro benzene ring substituents is 1. The summed E-state index contributed by atoms with van der Waals surface area (Å²) in [4.78, 5) is 22.7. The summed E-state index contributed by atoms with van der Waals surface area (Å²) in [6.45, 7) is 0. The van der Waals surface area contributed by atoms with Crippen molar-refractivity contribution in [2.24, 2.45) is 0 Å². The summed E-state index contributed by atoms with van der Waals surface area (Å²) in [5.74, 6) is -0.269. The lowest BCUT2D eigenvalue weighted by Gasteiger charge is -2.09. The van der Waals surface area contributed by atoms with Crippen molar-refractivity contribution in [1.82, 2.24) is 10.2 Å². The van der Waals surface area contributed by atoms with Crippen LogP contribution in [0.3, 0.4) is 0 Å². The molecular formula is C17H13ClN4O4. The maximum absolute atomic E-state index is 12.4. The number of hydrogen-bond acceptors (Lipinski definition) is 5. The molecule has 0 aliphatic rings. The van der Waals surface area contributed by atoms with Crippen molar-refractivity contribution in [3.05, 3.63) is 69.4 Å². The van der Waals surface area contributed by atoms with E-state index in [1.807, 2.05) is 0 Å². The van der Waals surface area contributed by atoms with Crippen LogP contribution in [0.2, 0.25) is 5.02 Å². The average Bonchev–Trinajstić information content (AvgIpc) is 3.12. The first-order valence-electron chi connectivity index (χ1n) is 7.43. The molecule has 0 saturated carbocycles. The minimum atomic E-state index is -0.540. The minimum absolute atomic E-state index is 0.133. The number of nitrogens with one attached hydrogen (secondary N) is 2. The Morgan fingerprint density at radius 3 is 2.62 bits per heavy atom. The predicted molar refractivity (Wildman–Crippen MR) is 96.6 cm³/mol. The van der Waals surface area contributed by atoms with E-state index in [1.54, 1.807) is 30.3 Å². The van der Waals surface area contributed by atoms with E-state index in [9.17, 15) is 14.9 Å². The molecule has 8 nitrogen and oxygen atoms in total. The largest absolute Gasteiger partial charge is 0.494 e. The van der Waals surface area contributed by atoms with Crippen molar-refractivity contribution in [3.63, 3.8) is 0 Å². The van der Waals surface area contributed by atoms with Gasteiger partial charge in [-0.3, -0.25) is 20.0 Å². The number of hydrogen-bond donors (Lipinski definition) is 2. The lowest BCUT2D eigenvalue weighted by Crippen LogP contribution is -2.13. The molecule has 132 valence electrons. The third-order valence-electron chi connectivity index (χ3n) is 3.61. The molecule has 1 heterocycles. The monoisotopic (exact) mass is 372 g/mol. The molecule has 0 aliphatic carbocycles. The number of nitro groups is 1. The first-order valence-corrected chi connectivity index (χ1v) is 7.81. The molecule has 0 bridgehead atoms. The van der Waals surface area contributed by atoms with Crippen LogP contribution in [-0.4, -0.2) is 28.1 Å². The zero-order valence-electron chi connectivity index (χ0n) is 13.5. The van der Waals surface area contributed by atoms with E-state index in [0.29, 0.717) is 16.4 Å². The van der Waals surface area contributed by atoms with Gasteiger partial charge in [-0.25, -0.2) is 0 Å². The molecule has 0 aliphatic heterocycles. The lowest BCUT2D eigenvalue weighted by molar-refractivity contribution is -0.384. The number of halogens is 1. The average molecular weight is 373 g/mol. The summed E-state index contributed by atoms with van der Waals surface area (Å²) in [5.41, 5.74) is 1.80. The number of carbonyl (C=O) groups is 1. The number of anilines is 1. The Morgan fingerprint density at radius 2 is 1.96 bits per heavy atom. The third kappa shape index (κ3) is 3.65. The van der Waals surface area contributed by atoms with E-state index in [4.69, 9.17) is 16.3 Å². The number of nitrogens with zero attached hydrogens (tertiary/aromatic N) is 2. The number of amides is 1. The van der Waals surface area contributed by atoms with E-state index in [0.717, 1.165) is 5.56 Å². The van der Waals surface area contributed by atoms with Crippen molar-refractivity contribution < 1.29 is 14.5 Å². The van der Waals surface area contributed by atoms with E-state index >= 15 is 0 Å². The van der Waals surface area contributed by atoms with Gasteiger partial charge in [-0.15, -0.1) is 0 Å². The van der Waals surface area contributed by atoms with Crippen molar-refractivity contribution in [3.8, 4) is 17.0 Å². The van der Waals surface area contributed by atoms with Crippen LogP contribution in [0.5, 0.6) is 5.75 Å².